The number of aryl methyl sites for hydroxylation is 1. The van der Waals surface area contributed by atoms with Gasteiger partial charge in [-0.1, -0.05) is 0 Å². The zero-order chi connectivity index (χ0) is 11.5. The topological polar surface area (TPSA) is 24.9 Å². The molecule has 1 saturated carbocycles. The molecule has 88 valence electrons. The maximum absolute atomic E-state index is 6.09. The summed E-state index contributed by atoms with van der Waals surface area (Å²) >= 11 is 9.53. The maximum Gasteiger partial charge on any atom is 0.126 e. The van der Waals surface area contributed by atoms with E-state index in [0.29, 0.717) is 11.3 Å². The molecule has 0 spiro atoms. The zero-order valence-electron chi connectivity index (χ0n) is 9.34. The molecule has 1 aromatic rings. The van der Waals surface area contributed by atoms with Gasteiger partial charge in [0.05, 0.1) is 0 Å². The van der Waals surface area contributed by atoms with Crippen LogP contribution in [0.3, 0.4) is 0 Å². The summed E-state index contributed by atoms with van der Waals surface area (Å²) in [7, 11) is 0. The summed E-state index contributed by atoms with van der Waals surface area (Å²) in [6, 6.07) is 2.07. The molecule has 1 aliphatic carbocycles. The Balaban J connectivity index is 1.87. The summed E-state index contributed by atoms with van der Waals surface area (Å²) in [5, 5.41) is 3.77. The van der Waals surface area contributed by atoms with Gasteiger partial charge in [-0.15, -0.1) is 11.6 Å². The first-order valence-corrected chi connectivity index (χ1v) is 6.88. The van der Waals surface area contributed by atoms with E-state index in [4.69, 9.17) is 11.6 Å². The van der Waals surface area contributed by atoms with Crippen molar-refractivity contribution < 1.29 is 0 Å². The molecule has 0 aliphatic heterocycles. The zero-order valence-corrected chi connectivity index (χ0v) is 11.7. The van der Waals surface area contributed by atoms with Crippen molar-refractivity contribution in [3.63, 3.8) is 0 Å². The SMILES string of the molecule is Cc1cc(NCC2CCC(Cl)C2)ncc1Br. The third-order valence-electron chi connectivity index (χ3n) is 3.10. The number of nitrogens with zero attached hydrogens (tertiary/aromatic N) is 1. The summed E-state index contributed by atoms with van der Waals surface area (Å²) in [6.07, 6.45) is 5.36. The lowest BCUT2D eigenvalue weighted by molar-refractivity contribution is 0.579. The highest BCUT2D eigenvalue weighted by molar-refractivity contribution is 9.10. The van der Waals surface area contributed by atoms with Gasteiger partial charge in [-0.2, -0.15) is 0 Å². The number of anilines is 1. The third-order valence-corrected chi connectivity index (χ3v) is 4.32. The van der Waals surface area contributed by atoms with Gasteiger partial charge in [0.2, 0.25) is 0 Å². The van der Waals surface area contributed by atoms with Gasteiger partial charge in [0.15, 0.2) is 0 Å². The minimum absolute atomic E-state index is 0.381. The van der Waals surface area contributed by atoms with Crippen LogP contribution in [0.15, 0.2) is 16.7 Å². The Kier molecular flexibility index (Phi) is 4.09. The molecular weight excluding hydrogens is 288 g/mol. The molecule has 0 bridgehead atoms. The summed E-state index contributed by atoms with van der Waals surface area (Å²) in [4.78, 5) is 4.33. The normalized spacial score (nSPS) is 24.7. The van der Waals surface area contributed by atoms with Gasteiger partial charge >= 0.3 is 0 Å². The Hall–Kier alpha value is -0.280. The minimum atomic E-state index is 0.381. The first-order chi connectivity index (χ1) is 7.65. The first-order valence-electron chi connectivity index (χ1n) is 5.65. The van der Waals surface area contributed by atoms with Crippen molar-refractivity contribution >= 4 is 33.3 Å². The molecule has 1 N–H and O–H groups in total. The lowest BCUT2D eigenvalue weighted by atomic mass is 10.1. The Bertz CT molecular complexity index is 370. The van der Waals surface area contributed by atoms with Crippen LogP contribution in [-0.2, 0) is 0 Å². The summed E-state index contributed by atoms with van der Waals surface area (Å²) in [6.45, 7) is 3.05. The molecule has 0 amide bonds. The number of aromatic nitrogens is 1. The molecule has 1 fully saturated rings. The molecule has 2 nitrogen and oxygen atoms in total. The molecule has 1 aromatic heterocycles. The van der Waals surface area contributed by atoms with Crippen LogP contribution >= 0.6 is 27.5 Å². The standard InChI is InChI=1S/C12H16BrClN2/c1-8-4-12(16-7-11(8)13)15-6-9-2-3-10(14)5-9/h4,7,9-10H,2-3,5-6H2,1H3,(H,15,16). The van der Waals surface area contributed by atoms with Gasteiger partial charge in [0, 0.05) is 22.6 Å². The molecule has 2 atom stereocenters. The molecule has 1 aliphatic rings. The Labute approximate surface area is 110 Å². The highest BCUT2D eigenvalue weighted by atomic mass is 79.9. The van der Waals surface area contributed by atoms with E-state index in [0.717, 1.165) is 29.7 Å². The van der Waals surface area contributed by atoms with Gasteiger partial charge in [-0.3, -0.25) is 0 Å². The van der Waals surface area contributed by atoms with Gasteiger partial charge < -0.3 is 5.32 Å². The average molecular weight is 304 g/mol. The van der Waals surface area contributed by atoms with Crippen LogP contribution in [0.5, 0.6) is 0 Å². The fourth-order valence-corrected chi connectivity index (χ4v) is 2.68. The highest BCUT2D eigenvalue weighted by Crippen LogP contribution is 2.29. The largest absolute Gasteiger partial charge is 0.370 e. The van der Waals surface area contributed by atoms with E-state index in [1.54, 1.807) is 0 Å². The highest BCUT2D eigenvalue weighted by Gasteiger charge is 2.22. The molecule has 0 saturated heterocycles. The van der Waals surface area contributed by atoms with Crippen molar-refractivity contribution in [2.45, 2.75) is 31.6 Å². The number of nitrogens with one attached hydrogen (secondary N) is 1. The Morgan fingerprint density at radius 1 is 1.56 bits per heavy atom. The van der Waals surface area contributed by atoms with Crippen LogP contribution in [0, 0.1) is 12.8 Å². The molecule has 1 heterocycles. The van der Waals surface area contributed by atoms with E-state index in [9.17, 15) is 0 Å². The third kappa shape index (κ3) is 3.11. The molecule has 16 heavy (non-hydrogen) atoms. The van der Waals surface area contributed by atoms with E-state index in [1.807, 2.05) is 6.20 Å². The van der Waals surface area contributed by atoms with Crippen molar-refractivity contribution in [2.75, 3.05) is 11.9 Å². The second-order valence-corrected chi connectivity index (χ2v) is 5.95. The average Bonchev–Trinajstić information content (AvgIpc) is 2.66. The van der Waals surface area contributed by atoms with E-state index >= 15 is 0 Å². The monoisotopic (exact) mass is 302 g/mol. The second-order valence-electron chi connectivity index (χ2n) is 4.48. The van der Waals surface area contributed by atoms with Crippen LogP contribution in [0.1, 0.15) is 24.8 Å². The van der Waals surface area contributed by atoms with Crippen LogP contribution in [0.2, 0.25) is 0 Å². The Morgan fingerprint density at radius 3 is 3.00 bits per heavy atom. The second kappa shape index (κ2) is 5.37. The summed E-state index contributed by atoms with van der Waals surface area (Å²) < 4.78 is 1.06. The lowest BCUT2D eigenvalue weighted by Gasteiger charge is -2.11. The van der Waals surface area contributed by atoms with Crippen molar-refractivity contribution in [2.24, 2.45) is 5.92 Å². The van der Waals surface area contributed by atoms with Crippen LogP contribution in [0.4, 0.5) is 5.82 Å². The van der Waals surface area contributed by atoms with E-state index in [2.05, 4.69) is 39.2 Å². The smallest absolute Gasteiger partial charge is 0.126 e. The number of alkyl halides is 1. The lowest BCUT2D eigenvalue weighted by Crippen LogP contribution is -2.12. The van der Waals surface area contributed by atoms with Gasteiger partial charge in [-0.25, -0.2) is 4.98 Å². The fraction of sp³-hybridized carbons (Fsp3) is 0.583. The molecule has 2 rings (SSSR count). The predicted molar refractivity (Wildman–Crippen MR) is 72.1 cm³/mol. The van der Waals surface area contributed by atoms with Gasteiger partial charge in [0.25, 0.3) is 0 Å². The molecule has 0 aromatic carbocycles. The number of rotatable bonds is 3. The van der Waals surface area contributed by atoms with Gasteiger partial charge in [-0.05, 0) is 59.7 Å². The number of hydrogen-bond acceptors (Lipinski definition) is 2. The summed E-state index contributed by atoms with van der Waals surface area (Å²) in [5.74, 6) is 1.66. The quantitative estimate of drug-likeness (QED) is 0.855. The van der Waals surface area contributed by atoms with Gasteiger partial charge in [0.1, 0.15) is 5.82 Å². The van der Waals surface area contributed by atoms with Crippen LogP contribution in [0.25, 0.3) is 0 Å². The molecule has 2 unspecified atom stereocenters. The maximum atomic E-state index is 6.09. The van der Waals surface area contributed by atoms with Crippen molar-refractivity contribution in [1.29, 1.82) is 0 Å². The summed E-state index contributed by atoms with van der Waals surface area (Å²) in [5.41, 5.74) is 1.21. The van der Waals surface area contributed by atoms with Crippen molar-refractivity contribution in [3.8, 4) is 0 Å². The number of hydrogen-bond donors (Lipinski definition) is 1. The van der Waals surface area contributed by atoms with Crippen LogP contribution in [-0.4, -0.2) is 16.9 Å². The molecular formula is C12H16BrClN2. The van der Waals surface area contributed by atoms with Crippen molar-refractivity contribution in [1.82, 2.24) is 4.98 Å². The number of pyridine rings is 1. The minimum Gasteiger partial charge on any atom is -0.370 e. The van der Waals surface area contributed by atoms with E-state index in [1.165, 1.54) is 12.0 Å². The number of halogens is 2. The van der Waals surface area contributed by atoms with Crippen LogP contribution < -0.4 is 5.32 Å². The van der Waals surface area contributed by atoms with E-state index in [-0.39, 0.29) is 0 Å². The van der Waals surface area contributed by atoms with E-state index < -0.39 is 0 Å². The first kappa shape index (κ1) is 12.2. The fourth-order valence-electron chi connectivity index (χ4n) is 2.08. The Morgan fingerprint density at radius 2 is 2.38 bits per heavy atom. The molecule has 4 heteroatoms. The predicted octanol–water partition coefficient (Wildman–Crippen LogP) is 3.97. The van der Waals surface area contributed by atoms with Crippen molar-refractivity contribution in [3.05, 3.63) is 22.3 Å². The molecule has 0 radical (unpaired) electrons.